The second kappa shape index (κ2) is 2.87. The third-order valence-corrected chi connectivity index (χ3v) is 4.85. The molecular weight excluding hydrogens is 181 g/mol. The number of rotatable bonds is 0. The summed E-state index contributed by atoms with van der Waals surface area (Å²) in [5.74, 6) is 0. The van der Waals surface area contributed by atoms with Crippen LogP contribution in [-0.2, 0) is 0 Å². The molecule has 1 rings (SSSR count). The SMILES string of the molecule is CC(C)(C)[C]1=CC=C[CH]=[Ge]1. The van der Waals surface area contributed by atoms with Crippen LogP contribution in [0.2, 0.25) is 0 Å². The van der Waals surface area contributed by atoms with Gasteiger partial charge < -0.3 is 0 Å². The molecule has 0 atom stereocenters. The van der Waals surface area contributed by atoms with Crippen LogP contribution in [0.3, 0.4) is 0 Å². The van der Waals surface area contributed by atoms with Gasteiger partial charge in [0.15, 0.2) is 0 Å². The molecule has 53 valence electrons. The van der Waals surface area contributed by atoms with Crippen molar-refractivity contribution in [2.45, 2.75) is 20.8 Å². The zero-order valence-electron chi connectivity index (χ0n) is 6.81. The van der Waals surface area contributed by atoms with Crippen molar-refractivity contribution < 1.29 is 0 Å². The van der Waals surface area contributed by atoms with E-state index in [9.17, 15) is 0 Å². The molecule has 0 aromatic rings. The molecular formula is C9H13Ge. The molecule has 0 saturated heterocycles. The van der Waals surface area contributed by atoms with Crippen molar-refractivity contribution >= 4 is 19.8 Å². The summed E-state index contributed by atoms with van der Waals surface area (Å²) in [6, 6.07) is 0. The van der Waals surface area contributed by atoms with Crippen LogP contribution < -0.4 is 0 Å². The molecule has 0 unspecified atom stereocenters. The molecule has 1 heterocycles. The summed E-state index contributed by atoms with van der Waals surface area (Å²) >= 11 is 0.0833. The zero-order valence-corrected chi connectivity index (χ0v) is 8.91. The molecule has 0 fully saturated rings. The van der Waals surface area contributed by atoms with E-state index in [-0.39, 0.29) is 15.0 Å². The van der Waals surface area contributed by atoms with E-state index in [1.165, 1.54) is 0 Å². The van der Waals surface area contributed by atoms with Crippen LogP contribution in [0.15, 0.2) is 22.6 Å². The summed E-state index contributed by atoms with van der Waals surface area (Å²) in [6.45, 7) is 6.86. The Morgan fingerprint density at radius 1 is 1.20 bits per heavy atom. The average molecular weight is 194 g/mol. The third kappa shape index (κ3) is 1.94. The minimum atomic E-state index is 0.0833. The Bertz CT molecular complexity index is 201. The maximum absolute atomic E-state index is 2.33. The predicted molar refractivity (Wildman–Crippen MR) is 48.5 cm³/mol. The van der Waals surface area contributed by atoms with Gasteiger partial charge in [-0.15, -0.1) is 0 Å². The van der Waals surface area contributed by atoms with E-state index in [2.05, 4.69) is 43.9 Å². The van der Waals surface area contributed by atoms with E-state index < -0.39 is 0 Å². The molecule has 0 nitrogen and oxygen atoms in total. The first-order chi connectivity index (χ1) is 4.61. The van der Waals surface area contributed by atoms with E-state index in [1.807, 2.05) is 0 Å². The Labute approximate surface area is 69.0 Å². The summed E-state index contributed by atoms with van der Waals surface area (Å²) in [5.41, 5.74) is 0.404. The molecule has 0 N–H and O–H groups in total. The summed E-state index contributed by atoms with van der Waals surface area (Å²) in [7, 11) is 0. The number of hydrogen-bond acceptors (Lipinski definition) is 0. The fourth-order valence-corrected chi connectivity index (χ4v) is 2.98. The second-order valence-corrected chi connectivity index (χ2v) is 5.96. The Kier molecular flexibility index (Phi) is 2.29. The van der Waals surface area contributed by atoms with Gasteiger partial charge >= 0.3 is 68.7 Å². The zero-order chi connectivity index (χ0) is 7.61. The van der Waals surface area contributed by atoms with E-state index in [0.29, 0.717) is 5.41 Å². The minimum absolute atomic E-state index is 0.0833. The van der Waals surface area contributed by atoms with E-state index in [1.54, 1.807) is 4.41 Å². The monoisotopic (exact) mass is 195 g/mol. The topological polar surface area (TPSA) is 0 Å². The standard InChI is InChI=1S/C9H13Ge/c1-9(2,3)8-6-4-5-7-10-8/h4-7H,1-3H3. The Morgan fingerprint density at radius 3 is 2.20 bits per heavy atom. The normalized spacial score (nSPS) is 17.3. The molecule has 0 aliphatic carbocycles. The van der Waals surface area contributed by atoms with Gasteiger partial charge in [-0.3, -0.25) is 0 Å². The van der Waals surface area contributed by atoms with Crippen LogP contribution in [0, 0.1) is 5.41 Å². The van der Waals surface area contributed by atoms with E-state index in [4.69, 9.17) is 0 Å². The van der Waals surface area contributed by atoms with Crippen LogP contribution >= 0.6 is 0 Å². The molecule has 0 bridgehead atoms. The van der Waals surface area contributed by atoms with Gasteiger partial charge in [0.2, 0.25) is 0 Å². The molecule has 0 amide bonds. The van der Waals surface area contributed by atoms with E-state index >= 15 is 0 Å². The number of hydrogen-bond donors (Lipinski definition) is 0. The van der Waals surface area contributed by atoms with Crippen LogP contribution in [0.25, 0.3) is 0 Å². The van der Waals surface area contributed by atoms with E-state index in [0.717, 1.165) is 0 Å². The summed E-state index contributed by atoms with van der Waals surface area (Å²) < 4.78 is 1.65. The van der Waals surface area contributed by atoms with Gasteiger partial charge in [0, 0.05) is 0 Å². The van der Waals surface area contributed by atoms with Crippen LogP contribution in [0.1, 0.15) is 20.8 Å². The Balaban J connectivity index is 2.85. The first kappa shape index (κ1) is 7.99. The Morgan fingerprint density at radius 2 is 1.90 bits per heavy atom. The predicted octanol–water partition coefficient (Wildman–Crippen LogP) is 1.99. The number of allylic oxidation sites excluding steroid dienone is 4. The van der Waals surface area contributed by atoms with Crippen molar-refractivity contribution in [3.05, 3.63) is 22.6 Å². The first-order valence-electron chi connectivity index (χ1n) is 3.58. The fraction of sp³-hybridized carbons (Fsp3) is 0.444. The van der Waals surface area contributed by atoms with Crippen LogP contribution in [-0.4, -0.2) is 19.8 Å². The van der Waals surface area contributed by atoms with Crippen molar-refractivity contribution in [2.75, 3.05) is 0 Å². The van der Waals surface area contributed by atoms with Crippen molar-refractivity contribution in [3.63, 3.8) is 0 Å². The van der Waals surface area contributed by atoms with Crippen LogP contribution in [0.4, 0.5) is 0 Å². The molecule has 10 heavy (non-hydrogen) atoms. The summed E-state index contributed by atoms with van der Waals surface area (Å²) in [6.07, 6.45) is 6.59. The van der Waals surface area contributed by atoms with Gasteiger partial charge in [-0.2, -0.15) is 0 Å². The molecule has 1 aliphatic heterocycles. The second-order valence-electron chi connectivity index (χ2n) is 3.53. The molecule has 0 aromatic heterocycles. The molecule has 0 saturated carbocycles. The average Bonchev–Trinajstić information content (AvgIpc) is 1.88. The summed E-state index contributed by atoms with van der Waals surface area (Å²) in [4.78, 5) is 2.33. The quantitative estimate of drug-likeness (QED) is 0.517. The van der Waals surface area contributed by atoms with Crippen LogP contribution in [0.5, 0.6) is 0 Å². The molecule has 1 heteroatoms. The first-order valence-corrected chi connectivity index (χ1v) is 5.84. The van der Waals surface area contributed by atoms with Crippen molar-refractivity contribution in [1.82, 2.24) is 0 Å². The molecule has 0 spiro atoms. The Hall–Kier alpha value is -0.107. The maximum atomic E-state index is 2.33. The van der Waals surface area contributed by atoms with Crippen molar-refractivity contribution in [3.8, 4) is 0 Å². The third-order valence-electron chi connectivity index (χ3n) is 1.52. The fourth-order valence-electron chi connectivity index (χ4n) is 0.860. The van der Waals surface area contributed by atoms with Crippen molar-refractivity contribution in [1.29, 1.82) is 0 Å². The van der Waals surface area contributed by atoms with Gasteiger partial charge in [0.1, 0.15) is 0 Å². The van der Waals surface area contributed by atoms with Gasteiger partial charge in [-0.1, -0.05) is 0 Å². The molecule has 1 radical (unpaired) electrons. The van der Waals surface area contributed by atoms with Crippen molar-refractivity contribution in [2.24, 2.45) is 5.41 Å². The van der Waals surface area contributed by atoms with Gasteiger partial charge in [0.05, 0.1) is 0 Å². The summed E-state index contributed by atoms with van der Waals surface area (Å²) in [5, 5.41) is 0. The van der Waals surface area contributed by atoms with Gasteiger partial charge in [-0.05, 0) is 0 Å². The molecule has 0 aromatic carbocycles. The van der Waals surface area contributed by atoms with Gasteiger partial charge in [-0.25, -0.2) is 0 Å². The van der Waals surface area contributed by atoms with Gasteiger partial charge in [0.25, 0.3) is 0 Å². The molecule has 1 aliphatic rings.